The molecule has 1 amide bonds. The van der Waals surface area contributed by atoms with E-state index in [1.54, 1.807) is 0 Å². The minimum Gasteiger partial charge on any atom is -0.454 e. The molecule has 3 rings (SSSR count). The molecule has 2 aliphatic rings. The summed E-state index contributed by atoms with van der Waals surface area (Å²) in [6, 6.07) is 3.73. The number of hydrogen-bond acceptors (Lipinski definition) is 4. The van der Waals surface area contributed by atoms with Crippen LogP contribution >= 0.6 is 11.6 Å². The minimum atomic E-state index is 0.161. The molecule has 108 valence electrons. The molecule has 0 bridgehead atoms. The number of rotatable bonds is 4. The third-order valence-electron chi connectivity index (χ3n) is 3.55. The van der Waals surface area contributed by atoms with Gasteiger partial charge in [-0.15, -0.1) is 0 Å². The zero-order chi connectivity index (χ0) is 13.9. The van der Waals surface area contributed by atoms with Gasteiger partial charge in [0, 0.05) is 19.6 Å². The lowest BCUT2D eigenvalue weighted by atomic mass is 10.2. The molecule has 2 aliphatic heterocycles. The highest BCUT2D eigenvalue weighted by atomic mass is 35.5. The highest BCUT2D eigenvalue weighted by Crippen LogP contribution is 2.39. The molecule has 20 heavy (non-hydrogen) atoms. The van der Waals surface area contributed by atoms with E-state index in [4.69, 9.17) is 21.1 Å². The lowest BCUT2D eigenvalue weighted by molar-refractivity contribution is -0.129. The zero-order valence-corrected chi connectivity index (χ0v) is 11.9. The molecule has 0 aromatic heterocycles. The molecule has 2 heterocycles. The number of likely N-dealkylation sites (tertiary alicyclic amines) is 1. The summed E-state index contributed by atoms with van der Waals surface area (Å²) in [5.74, 6) is 1.43. The number of nitrogens with one attached hydrogen (secondary N) is 1. The fraction of sp³-hybridized carbons (Fsp3) is 0.500. The predicted octanol–water partition coefficient (Wildman–Crippen LogP) is 1.78. The van der Waals surface area contributed by atoms with Crippen molar-refractivity contribution in [2.24, 2.45) is 0 Å². The van der Waals surface area contributed by atoms with E-state index in [0.29, 0.717) is 29.6 Å². The number of fused-ring (bicyclic) bond motifs is 1. The molecule has 1 N–H and O–H groups in total. The van der Waals surface area contributed by atoms with E-state index in [1.807, 2.05) is 17.0 Å². The third kappa shape index (κ3) is 2.83. The molecule has 0 aliphatic carbocycles. The highest BCUT2D eigenvalue weighted by molar-refractivity contribution is 6.32. The fourth-order valence-electron chi connectivity index (χ4n) is 2.51. The van der Waals surface area contributed by atoms with Gasteiger partial charge < -0.3 is 19.7 Å². The van der Waals surface area contributed by atoms with Gasteiger partial charge in [-0.2, -0.15) is 0 Å². The average Bonchev–Trinajstić information content (AvgIpc) is 3.09. The summed E-state index contributed by atoms with van der Waals surface area (Å²) in [6.07, 6.45) is 2.23. The molecular weight excluding hydrogens is 280 g/mol. The van der Waals surface area contributed by atoms with Crippen molar-refractivity contribution in [3.05, 3.63) is 22.7 Å². The van der Waals surface area contributed by atoms with Gasteiger partial charge in [-0.3, -0.25) is 4.79 Å². The Morgan fingerprint density at radius 3 is 2.90 bits per heavy atom. The summed E-state index contributed by atoms with van der Waals surface area (Å²) in [5.41, 5.74) is 0.980. The smallest absolute Gasteiger partial charge is 0.236 e. The van der Waals surface area contributed by atoms with Crippen molar-refractivity contribution in [2.45, 2.75) is 19.4 Å². The van der Waals surface area contributed by atoms with Crippen LogP contribution in [0.4, 0.5) is 0 Å². The van der Waals surface area contributed by atoms with Gasteiger partial charge in [-0.05, 0) is 30.5 Å². The summed E-state index contributed by atoms with van der Waals surface area (Å²) in [7, 11) is 0. The summed E-state index contributed by atoms with van der Waals surface area (Å²) in [6.45, 7) is 2.91. The van der Waals surface area contributed by atoms with Crippen LogP contribution in [0.3, 0.4) is 0 Å². The molecule has 5 nitrogen and oxygen atoms in total. The second-order valence-corrected chi connectivity index (χ2v) is 5.41. The second-order valence-electron chi connectivity index (χ2n) is 5.00. The Kier molecular flexibility index (Phi) is 3.98. The first-order valence-corrected chi connectivity index (χ1v) is 7.18. The first-order valence-electron chi connectivity index (χ1n) is 6.80. The van der Waals surface area contributed by atoms with Crippen molar-refractivity contribution in [3.63, 3.8) is 0 Å². The molecule has 1 aromatic carbocycles. The Balaban J connectivity index is 1.53. The van der Waals surface area contributed by atoms with E-state index in [0.717, 1.165) is 31.5 Å². The molecule has 1 aromatic rings. The van der Waals surface area contributed by atoms with Crippen molar-refractivity contribution in [1.29, 1.82) is 0 Å². The molecule has 1 saturated heterocycles. The standard InChI is InChI=1S/C14H17ClN2O3/c15-11-5-10(6-12-14(11)20-9-19-12)7-16-8-13(18)17-3-1-2-4-17/h5-6,16H,1-4,7-9H2. The topological polar surface area (TPSA) is 50.8 Å². The zero-order valence-electron chi connectivity index (χ0n) is 11.2. The largest absolute Gasteiger partial charge is 0.454 e. The van der Waals surface area contributed by atoms with E-state index in [-0.39, 0.29) is 12.7 Å². The van der Waals surface area contributed by atoms with Crippen LogP contribution in [0.5, 0.6) is 11.5 Å². The van der Waals surface area contributed by atoms with Gasteiger partial charge in [-0.25, -0.2) is 0 Å². The Morgan fingerprint density at radius 2 is 2.10 bits per heavy atom. The normalized spacial score (nSPS) is 16.8. The number of halogens is 1. The van der Waals surface area contributed by atoms with Gasteiger partial charge in [0.25, 0.3) is 0 Å². The summed E-state index contributed by atoms with van der Waals surface area (Å²) < 4.78 is 10.6. The number of ether oxygens (including phenoxy) is 2. The van der Waals surface area contributed by atoms with E-state index in [9.17, 15) is 4.79 Å². The second kappa shape index (κ2) is 5.89. The Bertz CT molecular complexity index is 515. The number of carbonyl (C=O) groups is 1. The van der Waals surface area contributed by atoms with E-state index in [1.165, 1.54) is 0 Å². The van der Waals surface area contributed by atoms with Crippen LogP contribution < -0.4 is 14.8 Å². The van der Waals surface area contributed by atoms with Gasteiger partial charge in [0.2, 0.25) is 12.7 Å². The average molecular weight is 297 g/mol. The van der Waals surface area contributed by atoms with Gasteiger partial charge >= 0.3 is 0 Å². The summed E-state index contributed by atoms with van der Waals surface area (Å²) >= 11 is 6.11. The van der Waals surface area contributed by atoms with Crippen LogP contribution in [0, 0.1) is 0 Å². The molecule has 1 fully saturated rings. The van der Waals surface area contributed by atoms with Gasteiger partial charge in [0.05, 0.1) is 11.6 Å². The predicted molar refractivity (Wildman–Crippen MR) is 75.1 cm³/mol. The Labute approximate surface area is 122 Å². The quantitative estimate of drug-likeness (QED) is 0.920. The van der Waals surface area contributed by atoms with E-state index < -0.39 is 0 Å². The number of amides is 1. The van der Waals surface area contributed by atoms with Crippen molar-refractivity contribution < 1.29 is 14.3 Å². The maximum Gasteiger partial charge on any atom is 0.236 e. The maximum absolute atomic E-state index is 11.9. The van der Waals surface area contributed by atoms with Gasteiger partial charge in [0.1, 0.15) is 0 Å². The van der Waals surface area contributed by atoms with Gasteiger partial charge in [-0.1, -0.05) is 11.6 Å². The third-order valence-corrected chi connectivity index (χ3v) is 3.83. The van der Waals surface area contributed by atoms with Crippen LogP contribution in [0.1, 0.15) is 18.4 Å². The molecule has 0 unspecified atom stereocenters. The van der Waals surface area contributed by atoms with Gasteiger partial charge in [0.15, 0.2) is 11.5 Å². The lowest BCUT2D eigenvalue weighted by Gasteiger charge is -2.15. The molecule has 0 radical (unpaired) electrons. The lowest BCUT2D eigenvalue weighted by Crippen LogP contribution is -2.35. The first kappa shape index (κ1) is 13.5. The summed E-state index contributed by atoms with van der Waals surface area (Å²) in [5, 5.41) is 3.69. The van der Waals surface area contributed by atoms with Crippen molar-refractivity contribution in [2.75, 3.05) is 26.4 Å². The number of carbonyl (C=O) groups excluding carboxylic acids is 1. The fourth-order valence-corrected chi connectivity index (χ4v) is 2.80. The monoisotopic (exact) mass is 296 g/mol. The van der Waals surface area contributed by atoms with E-state index in [2.05, 4.69) is 5.32 Å². The number of nitrogens with zero attached hydrogens (tertiary/aromatic N) is 1. The summed E-state index contributed by atoms with van der Waals surface area (Å²) in [4.78, 5) is 13.8. The highest BCUT2D eigenvalue weighted by Gasteiger charge is 2.19. The van der Waals surface area contributed by atoms with Crippen LogP contribution in [0.25, 0.3) is 0 Å². The SMILES string of the molecule is O=C(CNCc1cc(Cl)c2c(c1)OCO2)N1CCCC1. The number of hydrogen-bond donors (Lipinski definition) is 1. The van der Waals surface area contributed by atoms with E-state index >= 15 is 0 Å². The minimum absolute atomic E-state index is 0.161. The number of benzene rings is 1. The molecule has 0 spiro atoms. The molecule has 6 heteroatoms. The molecular formula is C14H17ClN2O3. The molecule has 0 saturated carbocycles. The maximum atomic E-state index is 11.9. The van der Waals surface area contributed by atoms with Crippen LogP contribution in [-0.4, -0.2) is 37.2 Å². The van der Waals surface area contributed by atoms with Crippen molar-refractivity contribution in [1.82, 2.24) is 10.2 Å². The van der Waals surface area contributed by atoms with Crippen molar-refractivity contribution >= 4 is 17.5 Å². The van der Waals surface area contributed by atoms with Crippen LogP contribution in [-0.2, 0) is 11.3 Å². The molecule has 0 atom stereocenters. The van der Waals surface area contributed by atoms with Crippen LogP contribution in [0.15, 0.2) is 12.1 Å². The van der Waals surface area contributed by atoms with Crippen LogP contribution in [0.2, 0.25) is 5.02 Å². The van der Waals surface area contributed by atoms with Crippen molar-refractivity contribution in [3.8, 4) is 11.5 Å². The Morgan fingerprint density at radius 1 is 1.30 bits per heavy atom. The first-order chi connectivity index (χ1) is 9.74. The Hall–Kier alpha value is -1.46.